The Morgan fingerprint density at radius 2 is 2.26 bits per heavy atom. The molecule has 0 amide bonds. The Kier molecular flexibility index (Phi) is 4.37. The van der Waals surface area contributed by atoms with Gasteiger partial charge in [-0.2, -0.15) is 5.10 Å². The summed E-state index contributed by atoms with van der Waals surface area (Å²) in [5.41, 5.74) is 0.904. The summed E-state index contributed by atoms with van der Waals surface area (Å²) >= 11 is 1.38. The van der Waals surface area contributed by atoms with Gasteiger partial charge in [0.15, 0.2) is 12.4 Å². The van der Waals surface area contributed by atoms with Gasteiger partial charge in [-0.3, -0.25) is 4.68 Å². The van der Waals surface area contributed by atoms with Gasteiger partial charge in [0, 0.05) is 19.0 Å². The molecule has 0 unspecified atom stereocenters. The number of unbranched alkanes of at least 4 members (excludes halogenated alkanes) is 1. The predicted molar refractivity (Wildman–Crippen MR) is 85.2 cm³/mol. The van der Waals surface area contributed by atoms with Crippen molar-refractivity contribution in [3.63, 3.8) is 0 Å². The highest BCUT2D eigenvalue weighted by molar-refractivity contribution is 7.20. The fourth-order valence-electron chi connectivity index (χ4n) is 2.32. The van der Waals surface area contributed by atoms with Gasteiger partial charge in [-0.05, 0) is 29.8 Å². The third kappa shape index (κ3) is 3.09. The summed E-state index contributed by atoms with van der Waals surface area (Å²) in [4.78, 5) is 13.8. The molecule has 9 heteroatoms. The second-order valence-corrected chi connectivity index (χ2v) is 6.32. The molecule has 3 aromatic rings. The maximum atomic E-state index is 12.2. The zero-order valence-corrected chi connectivity index (χ0v) is 14.1. The van der Waals surface area contributed by atoms with Crippen LogP contribution in [-0.4, -0.2) is 36.0 Å². The summed E-state index contributed by atoms with van der Waals surface area (Å²) in [6, 6.07) is 1.82. The van der Waals surface area contributed by atoms with Crippen LogP contribution in [-0.2, 0) is 24.9 Å². The average molecular weight is 334 g/mol. The fraction of sp³-hybridized carbons (Fsp3) is 0.500. The molecule has 3 heterocycles. The van der Waals surface area contributed by atoms with Gasteiger partial charge in [-0.25, -0.2) is 9.48 Å². The van der Waals surface area contributed by atoms with E-state index in [1.165, 1.54) is 11.3 Å². The number of aromatic nitrogens is 6. The van der Waals surface area contributed by atoms with Crippen molar-refractivity contribution in [1.29, 1.82) is 0 Å². The van der Waals surface area contributed by atoms with E-state index in [1.807, 2.05) is 20.0 Å². The molecule has 0 saturated heterocycles. The number of rotatable bonds is 6. The van der Waals surface area contributed by atoms with Crippen LogP contribution in [0.3, 0.4) is 0 Å². The van der Waals surface area contributed by atoms with E-state index in [0.717, 1.165) is 35.3 Å². The number of thiophene rings is 1. The van der Waals surface area contributed by atoms with E-state index in [4.69, 9.17) is 4.74 Å². The lowest BCUT2D eigenvalue weighted by Gasteiger charge is -2.04. The molecule has 0 aliphatic heterocycles. The summed E-state index contributed by atoms with van der Waals surface area (Å²) in [5, 5.41) is 16.8. The molecule has 0 N–H and O–H groups in total. The molecule has 8 nitrogen and oxygen atoms in total. The molecule has 122 valence electrons. The summed E-state index contributed by atoms with van der Waals surface area (Å²) in [5.74, 6) is 0.196. The van der Waals surface area contributed by atoms with Crippen LogP contribution in [0.1, 0.15) is 41.0 Å². The number of carbonyl (C=O) groups excluding carboxylic acids is 1. The molecule has 0 bridgehead atoms. The van der Waals surface area contributed by atoms with Crippen molar-refractivity contribution in [3.05, 3.63) is 22.5 Å². The summed E-state index contributed by atoms with van der Waals surface area (Å²) < 4.78 is 8.80. The standard InChI is InChI=1S/C14H18N6O2S/c1-4-5-6-20-12(15-17-18-20)8-22-14(21)11-7-10-9(2)16-19(3)13(10)23-11/h7H,4-6,8H2,1-3H3. The van der Waals surface area contributed by atoms with Gasteiger partial charge < -0.3 is 4.74 Å². The number of tetrazole rings is 1. The largest absolute Gasteiger partial charge is 0.453 e. The number of fused-ring (bicyclic) bond motifs is 1. The van der Waals surface area contributed by atoms with E-state index in [9.17, 15) is 4.79 Å². The van der Waals surface area contributed by atoms with E-state index in [0.29, 0.717) is 10.7 Å². The second kappa shape index (κ2) is 6.45. The number of hydrogen-bond donors (Lipinski definition) is 0. The molecule has 0 aliphatic rings. The van der Waals surface area contributed by atoms with E-state index < -0.39 is 0 Å². The van der Waals surface area contributed by atoms with Crippen molar-refractivity contribution in [1.82, 2.24) is 30.0 Å². The van der Waals surface area contributed by atoms with E-state index in [1.54, 1.807) is 9.36 Å². The van der Waals surface area contributed by atoms with Crippen LogP contribution >= 0.6 is 11.3 Å². The molecule has 0 aromatic carbocycles. The molecule has 0 atom stereocenters. The molecular weight excluding hydrogens is 316 g/mol. The Labute approximate surface area is 137 Å². The summed E-state index contributed by atoms with van der Waals surface area (Å²) in [7, 11) is 1.86. The first-order valence-corrected chi connectivity index (χ1v) is 8.27. The molecule has 0 fully saturated rings. The number of esters is 1. The number of hydrogen-bond acceptors (Lipinski definition) is 7. The molecule has 23 heavy (non-hydrogen) atoms. The number of aryl methyl sites for hydroxylation is 3. The third-order valence-electron chi connectivity index (χ3n) is 3.56. The van der Waals surface area contributed by atoms with Gasteiger partial charge >= 0.3 is 5.97 Å². The van der Waals surface area contributed by atoms with E-state index in [2.05, 4.69) is 27.5 Å². The van der Waals surface area contributed by atoms with Gasteiger partial charge in [-0.15, -0.1) is 16.4 Å². The van der Waals surface area contributed by atoms with Gasteiger partial charge in [0.25, 0.3) is 0 Å². The SMILES string of the molecule is CCCCn1nnnc1COC(=O)c1cc2c(C)nn(C)c2s1. The van der Waals surface area contributed by atoms with Gasteiger partial charge in [-0.1, -0.05) is 13.3 Å². The van der Waals surface area contributed by atoms with Crippen LogP contribution in [0.15, 0.2) is 6.07 Å². The smallest absolute Gasteiger partial charge is 0.348 e. The lowest BCUT2D eigenvalue weighted by molar-refractivity contribution is 0.0462. The molecule has 3 aromatic heterocycles. The Morgan fingerprint density at radius 3 is 3.00 bits per heavy atom. The fourth-order valence-corrected chi connectivity index (χ4v) is 3.33. The number of carbonyl (C=O) groups is 1. The first kappa shape index (κ1) is 15.6. The zero-order chi connectivity index (χ0) is 16.4. The van der Waals surface area contributed by atoms with E-state index in [-0.39, 0.29) is 12.6 Å². The highest BCUT2D eigenvalue weighted by Gasteiger charge is 2.17. The maximum absolute atomic E-state index is 12.2. The first-order valence-electron chi connectivity index (χ1n) is 7.45. The van der Waals surface area contributed by atoms with Crippen LogP contribution in [0.4, 0.5) is 0 Å². The lowest BCUT2D eigenvalue weighted by Crippen LogP contribution is -2.10. The minimum absolute atomic E-state index is 0.0705. The normalized spacial score (nSPS) is 11.3. The van der Waals surface area contributed by atoms with Gasteiger partial charge in [0.2, 0.25) is 0 Å². The number of ether oxygens (including phenoxy) is 1. The zero-order valence-electron chi connectivity index (χ0n) is 13.3. The molecular formula is C14H18N6O2S. The second-order valence-electron chi connectivity index (χ2n) is 5.29. The Bertz CT molecular complexity index is 799. The summed E-state index contributed by atoms with van der Waals surface area (Å²) in [6.07, 6.45) is 2.03. The van der Waals surface area contributed by atoms with Crippen molar-refractivity contribution in [2.45, 2.75) is 39.8 Å². The van der Waals surface area contributed by atoms with Gasteiger partial charge in [0.1, 0.15) is 9.71 Å². The van der Waals surface area contributed by atoms with Crippen LogP contribution in [0, 0.1) is 6.92 Å². The van der Waals surface area contributed by atoms with Crippen molar-refractivity contribution < 1.29 is 9.53 Å². The van der Waals surface area contributed by atoms with Crippen molar-refractivity contribution in [3.8, 4) is 0 Å². The number of nitrogens with zero attached hydrogens (tertiary/aromatic N) is 6. The lowest BCUT2D eigenvalue weighted by atomic mass is 10.3. The molecule has 3 rings (SSSR count). The molecule has 0 saturated carbocycles. The molecule has 0 aliphatic carbocycles. The first-order chi connectivity index (χ1) is 11.1. The summed E-state index contributed by atoms with van der Waals surface area (Å²) in [6.45, 7) is 4.82. The minimum atomic E-state index is -0.365. The average Bonchev–Trinajstić information content (AvgIpc) is 3.21. The van der Waals surface area contributed by atoms with Crippen LogP contribution < -0.4 is 0 Å². The maximum Gasteiger partial charge on any atom is 0.348 e. The molecule has 0 spiro atoms. The highest BCUT2D eigenvalue weighted by atomic mass is 32.1. The topological polar surface area (TPSA) is 87.7 Å². The third-order valence-corrected chi connectivity index (χ3v) is 4.74. The van der Waals surface area contributed by atoms with Crippen LogP contribution in [0.5, 0.6) is 0 Å². The van der Waals surface area contributed by atoms with Crippen molar-refractivity contribution >= 4 is 27.5 Å². The Morgan fingerprint density at radius 1 is 1.43 bits per heavy atom. The highest BCUT2D eigenvalue weighted by Crippen LogP contribution is 2.28. The predicted octanol–water partition coefficient (Wildman–Crippen LogP) is 2.09. The van der Waals surface area contributed by atoms with Crippen LogP contribution in [0.2, 0.25) is 0 Å². The minimum Gasteiger partial charge on any atom is -0.453 e. The molecule has 0 radical (unpaired) electrons. The quantitative estimate of drug-likeness (QED) is 0.641. The Hall–Kier alpha value is -2.29. The van der Waals surface area contributed by atoms with E-state index >= 15 is 0 Å². The van der Waals surface area contributed by atoms with Crippen molar-refractivity contribution in [2.75, 3.05) is 0 Å². The monoisotopic (exact) mass is 334 g/mol. The van der Waals surface area contributed by atoms with Crippen molar-refractivity contribution in [2.24, 2.45) is 7.05 Å². The van der Waals surface area contributed by atoms with Gasteiger partial charge in [0.05, 0.1) is 5.69 Å². The Balaban J connectivity index is 1.69. The van der Waals surface area contributed by atoms with Crippen LogP contribution in [0.25, 0.3) is 10.2 Å².